The van der Waals surface area contributed by atoms with Crippen molar-refractivity contribution in [3.8, 4) is 0 Å². The van der Waals surface area contributed by atoms with Gasteiger partial charge in [-0.25, -0.2) is 4.98 Å². The van der Waals surface area contributed by atoms with E-state index in [0.717, 1.165) is 18.5 Å². The van der Waals surface area contributed by atoms with Crippen LogP contribution in [-0.4, -0.2) is 22.8 Å². The molecule has 2 N–H and O–H groups in total. The largest absolute Gasteiger partial charge is 0.353 e. The molecule has 0 bridgehead atoms. The van der Waals surface area contributed by atoms with Crippen LogP contribution in [0.1, 0.15) is 53.9 Å². The van der Waals surface area contributed by atoms with Crippen LogP contribution >= 0.6 is 22.7 Å². The third-order valence-electron chi connectivity index (χ3n) is 4.10. The number of hydrogen-bond donors (Lipinski definition) is 2. The number of amides is 2. The summed E-state index contributed by atoms with van der Waals surface area (Å²) in [5.74, 6) is -0.0417. The number of thiazole rings is 1. The second kappa shape index (κ2) is 8.39. The van der Waals surface area contributed by atoms with Gasteiger partial charge in [0, 0.05) is 17.8 Å². The maximum absolute atomic E-state index is 12.0. The molecule has 1 fully saturated rings. The number of nitrogens with zero attached hydrogens (tertiary/aromatic N) is 1. The van der Waals surface area contributed by atoms with Crippen LogP contribution in [0.4, 0.5) is 5.13 Å². The minimum absolute atomic E-state index is 0.0964. The summed E-state index contributed by atoms with van der Waals surface area (Å²) < 4.78 is 0. The smallest absolute Gasteiger partial charge is 0.267 e. The van der Waals surface area contributed by atoms with Gasteiger partial charge in [0.25, 0.3) is 5.91 Å². The molecule has 2 amide bonds. The fourth-order valence-electron chi connectivity index (χ4n) is 2.83. The van der Waals surface area contributed by atoms with E-state index in [0.29, 0.717) is 28.9 Å². The third kappa shape index (κ3) is 4.88. The number of rotatable bonds is 6. The Hall–Kier alpha value is -1.73. The molecule has 0 aliphatic heterocycles. The SMILES string of the molecule is O=C(CCc1csc(NC(=O)c2cccs2)n1)NC1CCCCC1. The Bertz CT molecular complexity index is 676. The maximum Gasteiger partial charge on any atom is 0.267 e. The lowest BCUT2D eigenvalue weighted by molar-refractivity contribution is -0.122. The third-order valence-corrected chi connectivity index (χ3v) is 5.77. The molecule has 0 atom stereocenters. The summed E-state index contributed by atoms with van der Waals surface area (Å²) in [6.07, 6.45) is 6.95. The first kappa shape index (κ1) is 17.1. The normalized spacial score (nSPS) is 15.2. The van der Waals surface area contributed by atoms with Gasteiger partial charge in [-0.1, -0.05) is 25.3 Å². The summed E-state index contributed by atoms with van der Waals surface area (Å²) in [6.45, 7) is 0. The van der Waals surface area contributed by atoms with Crippen LogP contribution in [0.5, 0.6) is 0 Å². The predicted octanol–water partition coefficient (Wildman–Crippen LogP) is 3.84. The molecule has 0 spiro atoms. The van der Waals surface area contributed by atoms with Crippen LogP contribution < -0.4 is 10.6 Å². The Morgan fingerprint density at radius 3 is 2.79 bits per heavy atom. The van der Waals surface area contributed by atoms with Crippen LogP contribution in [0.15, 0.2) is 22.9 Å². The van der Waals surface area contributed by atoms with E-state index in [2.05, 4.69) is 15.6 Å². The number of thiophene rings is 1. The summed E-state index contributed by atoms with van der Waals surface area (Å²) in [5.41, 5.74) is 0.847. The van der Waals surface area contributed by atoms with E-state index in [9.17, 15) is 9.59 Å². The molecule has 1 saturated carbocycles. The number of nitrogens with one attached hydrogen (secondary N) is 2. The number of aryl methyl sites for hydroxylation is 1. The minimum Gasteiger partial charge on any atom is -0.353 e. The molecular weight excluding hydrogens is 342 g/mol. The van der Waals surface area contributed by atoms with E-state index < -0.39 is 0 Å². The number of aromatic nitrogens is 1. The molecule has 5 nitrogen and oxygen atoms in total. The Morgan fingerprint density at radius 1 is 1.21 bits per heavy atom. The predicted molar refractivity (Wildman–Crippen MR) is 97.7 cm³/mol. The summed E-state index contributed by atoms with van der Waals surface area (Å²) >= 11 is 2.79. The molecule has 2 aromatic rings. The summed E-state index contributed by atoms with van der Waals surface area (Å²) in [5, 5.41) is 10.3. The van der Waals surface area contributed by atoms with E-state index >= 15 is 0 Å². The van der Waals surface area contributed by atoms with E-state index in [4.69, 9.17) is 0 Å². The van der Waals surface area contributed by atoms with Crippen molar-refractivity contribution < 1.29 is 9.59 Å². The number of anilines is 1. The molecule has 0 radical (unpaired) electrons. The first-order valence-corrected chi connectivity index (χ1v) is 10.1. The van der Waals surface area contributed by atoms with Crippen LogP contribution in [0.2, 0.25) is 0 Å². The summed E-state index contributed by atoms with van der Waals surface area (Å²) in [4.78, 5) is 29.0. The van der Waals surface area contributed by atoms with Gasteiger partial charge in [-0.3, -0.25) is 14.9 Å². The highest BCUT2D eigenvalue weighted by atomic mass is 32.1. The molecule has 128 valence electrons. The van der Waals surface area contributed by atoms with Crippen LogP contribution in [0.3, 0.4) is 0 Å². The zero-order valence-electron chi connectivity index (χ0n) is 13.4. The van der Waals surface area contributed by atoms with Crippen molar-refractivity contribution >= 4 is 39.6 Å². The van der Waals surface area contributed by atoms with Crippen LogP contribution in [-0.2, 0) is 11.2 Å². The van der Waals surface area contributed by atoms with Gasteiger partial charge in [0.05, 0.1) is 10.6 Å². The van der Waals surface area contributed by atoms with Crippen molar-refractivity contribution in [1.82, 2.24) is 10.3 Å². The van der Waals surface area contributed by atoms with Gasteiger partial charge >= 0.3 is 0 Å². The minimum atomic E-state index is -0.138. The molecule has 3 rings (SSSR count). The quantitative estimate of drug-likeness (QED) is 0.819. The molecule has 24 heavy (non-hydrogen) atoms. The molecular formula is C17H21N3O2S2. The monoisotopic (exact) mass is 363 g/mol. The highest BCUT2D eigenvalue weighted by Crippen LogP contribution is 2.20. The van der Waals surface area contributed by atoms with Crippen molar-refractivity contribution in [3.63, 3.8) is 0 Å². The molecule has 0 unspecified atom stereocenters. The Morgan fingerprint density at radius 2 is 2.04 bits per heavy atom. The second-order valence-corrected chi connectivity index (χ2v) is 7.78. The molecule has 0 saturated heterocycles. The standard InChI is InChI=1S/C17H21N3O2S2/c21-15(18-12-5-2-1-3-6-12)9-8-13-11-24-17(19-13)20-16(22)14-7-4-10-23-14/h4,7,10-12H,1-3,5-6,8-9H2,(H,18,21)(H,19,20,22). The van der Waals surface area contributed by atoms with Crippen molar-refractivity contribution in [2.75, 3.05) is 5.32 Å². The van der Waals surface area contributed by atoms with Crippen molar-refractivity contribution in [2.45, 2.75) is 51.0 Å². The van der Waals surface area contributed by atoms with Crippen LogP contribution in [0, 0.1) is 0 Å². The Balaban J connectivity index is 1.44. The average Bonchev–Trinajstić information content (AvgIpc) is 3.26. The first-order chi connectivity index (χ1) is 11.7. The lowest BCUT2D eigenvalue weighted by atomic mass is 9.95. The molecule has 2 heterocycles. The lowest BCUT2D eigenvalue weighted by Crippen LogP contribution is -2.36. The van der Waals surface area contributed by atoms with E-state index in [1.165, 1.54) is 41.9 Å². The molecule has 0 aromatic carbocycles. The molecule has 1 aliphatic carbocycles. The van der Waals surface area contributed by atoms with Gasteiger partial charge in [0.1, 0.15) is 0 Å². The van der Waals surface area contributed by atoms with Crippen LogP contribution in [0.25, 0.3) is 0 Å². The van der Waals surface area contributed by atoms with Gasteiger partial charge in [-0.15, -0.1) is 22.7 Å². The van der Waals surface area contributed by atoms with Crippen molar-refractivity contribution in [3.05, 3.63) is 33.5 Å². The first-order valence-electron chi connectivity index (χ1n) is 8.29. The fourth-order valence-corrected chi connectivity index (χ4v) is 4.19. The zero-order valence-corrected chi connectivity index (χ0v) is 15.0. The van der Waals surface area contributed by atoms with E-state index in [1.54, 1.807) is 6.07 Å². The number of hydrogen-bond acceptors (Lipinski definition) is 5. The Kier molecular flexibility index (Phi) is 5.98. The number of carbonyl (C=O) groups excluding carboxylic acids is 2. The van der Waals surface area contributed by atoms with Gasteiger partial charge in [-0.05, 0) is 30.7 Å². The highest BCUT2D eigenvalue weighted by Gasteiger charge is 2.16. The van der Waals surface area contributed by atoms with Crippen molar-refractivity contribution in [1.29, 1.82) is 0 Å². The number of carbonyl (C=O) groups is 2. The molecule has 1 aliphatic rings. The molecule has 2 aromatic heterocycles. The van der Waals surface area contributed by atoms with Gasteiger partial charge < -0.3 is 5.32 Å². The summed E-state index contributed by atoms with van der Waals surface area (Å²) in [6, 6.07) is 3.98. The van der Waals surface area contributed by atoms with Gasteiger partial charge in [0.15, 0.2) is 5.13 Å². The topological polar surface area (TPSA) is 71.1 Å². The molecule has 7 heteroatoms. The fraction of sp³-hybridized carbons (Fsp3) is 0.471. The zero-order chi connectivity index (χ0) is 16.8. The van der Waals surface area contributed by atoms with E-state index in [1.807, 2.05) is 16.8 Å². The highest BCUT2D eigenvalue weighted by molar-refractivity contribution is 7.14. The maximum atomic E-state index is 12.0. The van der Waals surface area contributed by atoms with Crippen molar-refractivity contribution in [2.24, 2.45) is 0 Å². The Labute approximate surface area is 149 Å². The average molecular weight is 364 g/mol. The second-order valence-electron chi connectivity index (χ2n) is 5.98. The van der Waals surface area contributed by atoms with Gasteiger partial charge in [0.2, 0.25) is 5.91 Å². The summed E-state index contributed by atoms with van der Waals surface area (Å²) in [7, 11) is 0. The van der Waals surface area contributed by atoms with Gasteiger partial charge in [-0.2, -0.15) is 0 Å². The lowest BCUT2D eigenvalue weighted by Gasteiger charge is -2.22. The van der Waals surface area contributed by atoms with E-state index in [-0.39, 0.29) is 11.8 Å².